The van der Waals surface area contributed by atoms with Crippen LogP contribution in [0.1, 0.15) is 18.4 Å². The van der Waals surface area contributed by atoms with E-state index in [-0.39, 0.29) is 17.3 Å². The Bertz CT molecular complexity index is 389. The number of benzene rings is 1. The molecule has 1 aliphatic carbocycles. The summed E-state index contributed by atoms with van der Waals surface area (Å²) < 4.78 is 18.2. The van der Waals surface area contributed by atoms with Crippen LogP contribution in [0, 0.1) is 5.82 Å². The molecule has 0 aromatic heterocycles. The fourth-order valence-corrected chi connectivity index (χ4v) is 2.44. The van der Waals surface area contributed by atoms with E-state index >= 15 is 0 Å². The van der Waals surface area contributed by atoms with Gasteiger partial charge >= 0.3 is 0 Å². The molecule has 0 saturated heterocycles. The molecule has 0 bridgehead atoms. The third-order valence-electron chi connectivity index (χ3n) is 3.38. The molecule has 3 nitrogen and oxygen atoms in total. The van der Waals surface area contributed by atoms with Crippen molar-refractivity contribution in [3.05, 3.63) is 29.6 Å². The van der Waals surface area contributed by atoms with Crippen molar-refractivity contribution in [2.75, 3.05) is 13.7 Å². The molecule has 4 heteroatoms. The van der Waals surface area contributed by atoms with Crippen LogP contribution in [0.4, 0.5) is 4.39 Å². The highest BCUT2D eigenvalue weighted by Gasteiger charge is 2.45. The summed E-state index contributed by atoms with van der Waals surface area (Å²) in [5.41, 5.74) is 6.41. The Kier molecular flexibility index (Phi) is 2.86. The Hall–Kier alpha value is -1.13. The molecule has 0 atom stereocenters. The summed E-state index contributed by atoms with van der Waals surface area (Å²) in [4.78, 5) is 0. The number of rotatable bonds is 3. The van der Waals surface area contributed by atoms with E-state index in [4.69, 9.17) is 10.5 Å². The van der Waals surface area contributed by atoms with Gasteiger partial charge in [0.15, 0.2) is 0 Å². The van der Waals surface area contributed by atoms with Crippen LogP contribution in [0.25, 0.3) is 0 Å². The van der Waals surface area contributed by atoms with Crippen molar-refractivity contribution in [2.24, 2.45) is 5.73 Å². The van der Waals surface area contributed by atoms with Gasteiger partial charge in [-0.05, 0) is 18.9 Å². The number of nitrogens with two attached hydrogens (primary N) is 1. The lowest BCUT2D eigenvalue weighted by Crippen LogP contribution is -2.49. The Morgan fingerprint density at radius 2 is 2.25 bits per heavy atom. The maximum Gasteiger partial charge on any atom is 0.126 e. The molecule has 88 valence electrons. The van der Waals surface area contributed by atoms with Crippen LogP contribution in [0.15, 0.2) is 18.2 Å². The molecule has 2 rings (SSSR count). The van der Waals surface area contributed by atoms with Gasteiger partial charge in [0.05, 0.1) is 13.2 Å². The third-order valence-corrected chi connectivity index (χ3v) is 3.38. The smallest absolute Gasteiger partial charge is 0.126 e. The number of methoxy groups -OCH3 is 1. The van der Waals surface area contributed by atoms with Gasteiger partial charge in [-0.3, -0.25) is 0 Å². The van der Waals surface area contributed by atoms with Crippen LogP contribution in [0.5, 0.6) is 5.75 Å². The van der Waals surface area contributed by atoms with E-state index in [1.807, 2.05) is 0 Å². The second kappa shape index (κ2) is 4.03. The molecular weight excluding hydrogens is 209 g/mol. The molecular formula is C12H16FNO2. The Labute approximate surface area is 94.0 Å². The van der Waals surface area contributed by atoms with Gasteiger partial charge in [0.2, 0.25) is 0 Å². The summed E-state index contributed by atoms with van der Waals surface area (Å²) in [6.45, 7) is 0.437. The first-order valence-electron chi connectivity index (χ1n) is 5.33. The highest BCUT2D eigenvalue weighted by Crippen LogP contribution is 2.46. The van der Waals surface area contributed by atoms with Crippen molar-refractivity contribution in [3.63, 3.8) is 0 Å². The minimum Gasteiger partial charge on any atom is -0.496 e. The molecule has 1 saturated carbocycles. The molecule has 0 unspecified atom stereocenters. The second-order valence-corrected chi connectivity index (χ2v) is 4.39. The summed E-state index contributed by atoms with van der Waals surface area (Å²) in [5.74, 6) is 0.185. The van der Waals surface area contributed by atoms with Gasteiger partial charge in [0.25, 0.3) is 0 Å². The van der Waals surface area contributed by atoms with E-state index in [9.17, 15) is 9.50 Å². The van der Waals surface area contributed by atoms with Gasteiger partial charge in [-0.2, -0.15) is 0 Å². The van der Waals surface area contributed by atoms with Crippen LogP contribution >= 0.6 is 0 Å². The number of halogens is 1. The minimum absolute atomic E-state index is 0.252. The Morgan fingerprint density at radius 3 is 2.75 bits per heavy atom. The Balaban J connectivity index is 2.39. The van der Waals surface area contributed by atoms with Crippen molar-refractivity contribution in [3.8, 4) is 5.75 Å². The van der Waals surface area contributed by atoms with Crippen molar-refractivity contribution in [1.82, 2.24) is 0 Å². The van der Waals surface area contributed by atoms with Crippen LogP contribution < -0.4 is 10.5 Å². The SMILES string of the molecule is COc1cc(F)ccc1C1(CN)CC(O)C1. The summed E-state index contributed by atoms with van der Waals surface area (Å²) in [6, 6.07) is 4.46. The van der Waals surface area contributed by atoms with E-state index in [2.05, 4.69) is 0 Å². The van der Waals surface area contributed by atoms with Gasteiger partial charge in [-0.1, -0.05) is 6.07 Å². The van der Waals surface area contributed by atoms with Gasteiger partial charge < -0.3 is 15.6 Å². The molecule has 0 aliphatic heterocycles. The summed E-state index contributed by atoms with van der Waals surface area (Å²) in [7, 11) is 1.51. The Morgan fingerprint density at radius 1 is 1.56 bits per heavy atom. The first-order valence-corrected chi connectivity index (χ1v) is 5.33. The molecule has 1 aromatic carbocycles. The average Bonchev–Trinajstić information content (AvgIpc) is 2.24. The first-order chi connectivity index (χ1) is 7.61. The van der Waals surface area contributed by atoms with E-state index in [1.54, 1.807) is 6.07 Å². The zero-order valence-corrected chi connectivity index (χ0v) is 9.24. The highest BCUT2D eigenvalue weighted by atomic mass is 19.1. The normalized spacial score (nSPS) is 28.6. The largest absolute Gasteiger partial charge is 0.496 e. The van der Waals surface area contributed by atoms with Crippen LogP contribution in [-0.4, -0.2) is 24.9 Å². The van der Waals surface area contributed by atoms with Crippen LogP contribution in [0.3, 0.4) is 0 Å². The standard InChI is InChI=1S/C12H16FNO2/c1-16-11-4-8(13)2-3-10(11)12(7-14)5-9(15)6-12/h2-4,9,15H,5-7,14H2,1H3. The number of hydrogen-bond donors (Lipinski definition) is 2. The van der Waals surface area contributed by atoms with E-state index in [0.29, 0.717) is 25.1 Å². The molecule has 0 radical (unpaired) electrons. The zero-order chi connectivity index (χ0) is 11.8. The van der Waals surface area contributed by atoms with Crippen LogP contribution in [0.2, 0.25) is 0 Å². The third kappa shape index (κ3) is 1.68. The predicted molar refractivity (Wildman–Crippen MR) is 58.9 cm³/mol. The monoisotopic (exact) mass is 225 g/mol. The van der Waals surface area contributed by atoms with E-state index in [1.165, 1.54) is 19.2 Å². The molecule has 0 spiro atoms. The average molecular weight is 225 g/mol. The number of aliphatic hydroxyl groups is 1. The molecule has 0 heterocycles. The molecule has 0 amide bonds. The minimum atomic E-state index is -0.326. The predicted octanol–water partition coefficient (Wildman–Crippen LogP) is 1.19. The summed E-state index contributed by atoms with van der Waals surface area (Å²) in [5, 5.41) is 9.42. The summed E-state index contributed by atoms with van der Waals surface area (Å²) >= 11 is 0. The molecule has 16 heavy (non-hydrogen) atoms. The van der Waals surface area contributed by atoms with Gasteiger partial charge in [0, 0.05) is 23.6 Å². The van der Waals surface area contributed by atoms with Gasteiger partial charge in [-0.25, -0.2) is 4.39 Å². The lowest BCUT2D eigenvalue weighted by molar-refractivity contribution is 0.0210. The maximum absolute atomic E-state index is 13.1. The van der Waals surface area contributed by atoms with Crippen LogP contribution in [-0.2, 0) is 5.41 Å². The lowest BCUT2D eigenvalue weighted by atomic mass is 9.62. The van der Waals surface area contributed by atoms with Gasteiger partial charge in [-0.15, -0.1) is 0 Å². The van der Waals surface area contributed by atoms with E-state index < -0.39 is 0 Å². The van der Waals surface area contributed by atoms with Crippen molar-refractivity contribution in [2.45, 2.75) is 24.4 Å². The maximum atomic E-state index is 13.1. The van der Waals surface area contributed by atoms with Gasteiger partial charge in [0.1, 0.15) is 11.6 Å². The lowest BCUT2D eigenvalue weighted by Gasteiger charge is -2.45. The van der Waals surface area contributed by atoms with Crippen molar-refractivity contribution in [1.29, 1.82) is 0 Å². The van der Waals surface area contributed by atoms with Crippen molar-refractivity contribution >= 4 is 0 Å². The molecule has 1 fully saturated rings. The topological polar surface area (TPSA) is 55.5 Å². The molecule has 1 aromatic rings. The zero-order valence-electron chi connectivity index (χ0n) is 9.24. The fraction of sp³-hybridized carbons (Fsp3) is 0.500. The summed E-state index contributed by atoms with van der Waals surface area (Å²) in [6.07, 6.45) is 0.926. The quantitative estimate of drug-likeness (QED) is 0.812. The van der Waals surface area contributed by atoms with Crippen molar-refractivity contribution < 1.29 is 14.2 Å². The first kappa shape index (κ1) is 11.4. The number of hydrogen-bond acceptors (Lipinski definition) is 3. The second-order valence-electron chi connectivity index (χ2n) is 4.39. The molecule has 3 N–H and O–H groups in total. The van der Waals surface area contributed by atoms with E-state index in [0.717, 1.165) is 5.56 Å². The fourth-order valence-electron chi connectivity index (χ4n) is 2.44. The molecule has 1 aliphatic rings. The number of ether oxygens (including phenoxy) is 1. The highest BCUT2D eigenvalue weighted by molar-refractivity contribution is 5.42. The number of aliphatic hydroxyl groups excluding tert-OH is 1.